The second-order valence-corrected chi connectivity index (χ2v) is 15.8. The van der Waals surface area contributed by atoms with Crippen LogP contribution in [0.2, 0.25) is 0 Å². The zero-order valence-electron chi connectivity index (χ0n) is 46.1. The Hall–Kier alpha value is -7.10. The monoisotopic (exact) mass is 1390 g/mol. The number of halogens is 4. The third-order valence-electron chi connectivity index (χ3n) is 11.3. The molecule has 458 valence electrons. The van der Waals surface area contributed by atoms with E-state index in [0.717, 1.165) is 50.9 Å². The number of fused-ring (bicyclic) bond motifs is 3. The quantitative estimate of drug-likeness (QED) is 0.0402. The maximum atomic E-state index is 13.3. The average Bonchev–Trinajstić information content (AvgIpc) is 3.88. The number of aromatic nitrogens is 3. The Kier molecular flexibility index (Phi) is 38.0. The second kappa shape index (κ2) is 39.4. The van der Waals surface area contributed by atoms with Crippen molar-refractivity contribution in [3.8, 4) is 0 Å². The number of pyridine rings is 3. The van der Waals surface area contributed by atoms with E-state index in [9.17, 15) is 33.1 Å². The number of oxime groups is 3. The van der Waals surface area contributed by atoms with Crippen LogP contribution >= 0.6 is 48.0 Å². The minimum atomic E-state index is -3.04. The Morgan fingerprint density at radius 3 is 1.33 bits per heavy atom. The normalized spacial score (nSPS) is 17.1. The fourth-order valence-electron chi connectivity index (χ4n) is 7.22. The van der Waals surface area contributed by atoms with E-state index in [1.807, 2.05) is 108 Å². The van der Waals surface area contributed by atoms with Crippen LogP contribution in [0.15, 0.2) is 150 Å². The Labute approximate surface area is 521 Å². The van der Waals surface area contributed by atoms with Crippen molar-refractivity contribution in [1.82, 2.24) is 15.0 Å². The molecule has 0 saturated carbocycles. The molecular weight excluding hydrogens is 1300 g/mol. The molecule has 3 aromatic heterocycles. The van der Waals surface area contributed by atoms with Crippen molar-refractivity contribution in [2.24, 2.45) is 15.5 Å². The number of ether oxygens (including phenoxy) is 4. The zero-order valence-corrected chi connectivity index (χ0v) is 50.8. The van der Waals surface area contributed by atoms with Gasteiger partial charge < -0.3 is 43.7 Å². The SMILES string of the molecule is C.C.C.C=C(CO)C(=O)OC.C=CC1(C(=O)OC)CC(c2ccc3ncccc3c2)=NO1.CC.CC.CC.COC(=O)C1(C(F)F)CC(c2ccc3ncccc3c2)=NO1.COC(=O)C1(CO)CC(c2ccc3ncccc3c2)=NO1.I.I.[2HH]. The van der Waals surface area contributed by atoms with Crippen molar-refractivity contribution in [1.29, 1.82) is 0 Å². The maximum Gasteiger partial charge on any atom is 0.359 e. The predicted octanol–water partition coefficient (Wildman–Crippen LogP) is 12.4. The van der Waals surface area contributed by atoms with Gasteiger partial charge in [0.15, 0.2) is 0 Å². The van der Waals surface area contributed by atoms with Crippen LogP contribution in [0, 0.1) is 0 Å². The molecule has 3 aliphatic rings. The number of aliphatic hydroxyl groups is 2. The Balaban J connectivity index is -0.000000498. The van der Waals surface area contributed by atoms with Gasteiger partial charge in [-0.15, -0.1) is 48.0 Å². The number of benzene rings is 3. The molecule has 0 aliphatic carbocycles. The summed E-state index contributed by atoms with van der Waals surface area (Å²) < 4.78 is 44.6. The summed E-state index contributed by atoms with van der Waals surface area (Å²) in [5.41, 5.74) is 1.49. The number of carbonyl (C=O) groups excluding carboxylic acids is 4. The van der Waals surface area contributed by atoms with Crippen LogP contribution in [0.3, 0.4) is 0 Å². The lowest BCUT2D eigenvalue weighted by molar-refractivity contribution is -0.186. The van der Waals surface area contributed by atoms with Gasteiger partial charge in [0.25, 0.3) is 23.2 Å². The van der Waals surface area contributed by atoms with E-state index in [0.29, 0.717) is 23.4 Å². The molecule has 0 amide bonds. The highest BCUT2D eigenvalue weighted by molar-refractivity contribution is 14.0. The van der Waals surface area contributed by atoms with E-state index >= 15 is 0 Å². The average molecular weight is 1390 g/mol. The number of hydrogen-bond donors (Lipinski definition) is 2. The lowest BCUT2D eigenvalue weighted by atomic mass is 9.94. The topological polar surface area (TPSA) is 249 Å². The van der Waals surface area contributed by atoms with E-state index in [1.54, 1.807) is 42.9 Å². The van der Waals surface area contributed by atoms with Crippen LogP contribution < -0.4 is 0 Å². The molecule has 0 radical (unpaired) electrons. The van der Waals surface area contributed by atoms with Crippen molar-refractivity contribution >= 4 is 122 Å². The van der Waals surface area contributed by atoms with Gasteiger partial charge in [0.05, 0.1) is 93.8 Å². The highest BCUT2D eigenvalue weighted by atomic mass is 127. The molecule has 23 heteroatoms. The van der Waals surface area contributed by atoms with Gasteiger partial charge in [-0.2, -0.15) is 0 Å². The molecule has 0 spiro atoms. The van der Waals surface area contributed by atoms with Gasteiger partial charge in [-0.25, -0.2) is 28.0 Å². The number of esters is 4. The minimum absolute atomic E-state index is 0. The Morgan fingerprint density at radius 1 is 0.590 bits per heavy atom. The molecule has 6 aromatic rings. The fraction of sp³-hybridized carbons (Fsp3) is 0.367. The molecule has 3 aromatic carbocycles. The molecule has 0 fully saturated rings. The predicted molar refractivity (Wildman–Crippen MR) is 345 cm³/mol. The van der Waals surface area contributed by atoms with Gasteiger partial charge in [-0.3, -0.25) is 15.0 Å². The second-order valence-electron chi connectivity index (χ2n) is 15.8. The first-order valence-electron chi connectivity index (χ1n) is 24.6. The summed E-state index contributed by atoms with van der Waals surface area (Å²) in [4.78, 5) is 73.5. The lowest BCUT2D eigenvalue weighted by Gasteiger charge is -2.22. The summed E-state index contributed by atoms with van der Waals surface area (Å²) in [6, 6.07) is 28.0. The van der Waals surface area contributed by atoms with Crippen molar-refractivity contribution in [2.75, 3.05) is 41.7 Å². The molecule has 83 heavy (non-hydrogen) atoms. The summed E-state index contributed by atoms with van der Waals surface area (Å²) in [7, 11) is 4.85. The van der Waals surface area contributed by atoms with Crippen LogP contribution in [0.5, 0.6) is 0 Å². The van der Waals surface area contributed by atoms with Gasteiger partial charge in [0, 0.05) is 59.3 Å². The summed E-state index contributed by atoms with van der Waals surface area (Å²) in [5.74, 6) is -2.83. The number of carbonyl (C=O) groups is 4. The largest absolute Gasteiger partial charge is 0.466 e. The first kappa shape index (κ1) is 80.1. The number of methoxy groups -OCH3 is 4. The van der Waals surface area contributed by atoms with Gasteiger partial charge in [0.2, 0.25) is 0 Å². The third kappa shape index (κ3) is 19.8. The van der Waals surface area contributed by atoms with E-state index in [4.69, 9.17) is 24.4 Å². The maximum absolute atomic E-state index is 13.3. The first-order chi connectivity index (χ1) is 37.6. The number of aliphatic hydroxyl groups excluding tert-OH is 2. The van der Waals surface area contributed by atoms with E-state index in [-0.39, 0.29) is 102 Å². The number of rotatable bonds is 11. The molecule has 0 bridgehead atoms. The molecular formula is C60H82F2I2N6O13. The third-order valence-corrected chi connectivity index (χ3v) is 11.3. The van der Waals surface area contributed by atoms with Crippen LogP contribution in [0.1, 0.15) is 101 Å². The minimum Gasteiger partial charge on any atom is -0.466 e. The van der Waals surface area contributed by atoms with Gasteiger partial charge in [-0.05, 0) is 60.7 Å². The van der Waals surface area contributed by atoms with Crippen molar-refractivity contribution in [2.45, 2.75) is 106 Å². The number of hydrogen-bond acceptors (Lipinski definition) is 19. The highest BCUT2D eigenvalue weighted by Crippen LogP contribution is 2.35. The highest BCUT2D eigenvalue weighted by Gasteiger charge is 2.56. The van der Waals surface area contributed by atoms with Gasteiger partial charge >= 0.3 is 23.9 Å². The summed E-state index contributed by atoms with van der Waals surface area (Å²) in [6.45, 7) is 18.0. The van der Waals surface area contributed by atoms with E-state index in [2.05, 4.69) is 57.8 Å². The zero-order chi connectivity index (χ0) is 58.1. The summed E-state index contributed by atoms with van der Waals surface area (Å²) in [6.07, 6.45) is 3.66. The summed E-state index contributed by atoms with van der Waals surface area (Å²) >= 11 is 0. The first-order valence-corrected chi connectivity index (χ1v) is 24.6. The van der Waals surface area contributed by atoms with Crippen LogP contribution in [0.25, 0.3) is 32.7 Å². The van der Waals surface area contributed by atoms with Crippen molar-refractivity contribution < 1.29 is 73.1 Å². The standard InChI is InChI=1S/C16H14N2O3.C15H12F2N2O3.C15H14N2O4.C5H8O3.3C2H6.3CH4.2HI.H2/c1-3-16(15(19)20-2)10-14(18-21-16)12-6-7-13-11(9-12)5-4-8-17-13;1-21-14(20)15(13(16)17)8-12(19-22-15)10-4-5-11-9(7-10)3-2-6-18-11;1-20-14(19)15(9-18)8-13(17-21-15)11-4-5-12-10(7-11)3-2-6-16-12;1-4(3-6)5(7)8-2;3*1-2;;;;;;/h3-9H,1,10H2,2H3;2-7,13H,8H2,1H3;2-7,18H,8-9H2,1H3;6H,1,3H2,2H3;3*1-2H3;3*1H4;3*1H/i;;;;;;;;;;;;1+1. The summed E-state index contributed by atoms with van der Waals surface area (Å²) in [5, 5.41) is 32.1. The van der Waals surface area contributed by atoms with Crippen LogP contribution in [-0.2, 0) is 52.6 Å². The molecule has 9 rings (SSSR count). The van der Waals surface area contributed by atoms with E-state index in [1.165, 1.54) is 27.4 Å². The number of alkyl halides is 2. The van der Waals surface area contributed by atoms with Gasteiger partial charge in [-0.1, -0.05) is 129 Å². The van der Waals surface area contributed by atoms with Crippen LogP contribution in [-0.4, -0.2) is 131 Å². The molecule has 6 heterocycles. The molecule has 3 atom stereocenters. The Morgan fingerprint density at radius 2 is 0.976 bits per heavy atom. The molecule has 2 N–H and O–H groups in total. The number of nitrogens with zero attached hydrogens (tertiary/aromatic N) is 6. The molecule has 3 unspecified atom stereocenters. The fourth-order valence-corrected chi connectivity index (χ4v) is 7.22. The molecule has 19 nitrogen and oxygen atoms in total. The van der Waals surface area contributed by atoms with Crippen LogP contribution in [0.4, 0.5) is 8.78 Å². The Bertz CT molecular complexity index is 3130. The van der Waals surface area contributed by atoms with Crippen molar-refractivity contribution in [3.05, 3.63) is 151 Å². The molecule has 3 aliphatic heterocycles. The smallest absolute Gasteiger partial charge is 0.359 e. The van der Waals surface area contributed by atoms with Gasteiger partial charge in [0.1, 0.15) is 0 Å². The van der Waals surface area contributed by atoms with E-state index < -0.39 is 53.7 Å². The lowest BCUT2D eigenvalue weighted by Crippen LogP contribution is -2.46. The molecule has 0 saturated heterocycles. The van der Waals surface area contributed by atoms with Crippen molar-refractivity contribution in [3.63, 3.8) is 0 Å².